The number of nitrogens with zero attached hydrogens (tertiary/aromatic N) is 1. The first-order valence-corrected chi connectivity index (χ1v) is 10.2. The molecule has 6 heteroatoms. The van der Waals surface area contributed by atoms with Gasteiger partial charge < -0.3 is 15.7 Å². The third kappa shape index (κ3) is 6.06. The van der Waals surface area contributed by atoms with Crippen LogP contribution in [0.4, 0.5) is 4.79 Å². The Kier molecular flexibility index (Phi) is 7.25. The number of rotatable bonds is 7. The van der Waals surface area contributed by atoms with Crippen molar-refractivity contribution >= 4 is 12.0 Å². The van der Waals surface area contributed by atoms with Crippen molar-refractivity contribution in [2.75, 3.05) is 19.6 Å². The molecular weight excluding hydrogens is 366 g/mol. The lowest BCUT2D eigenvalue weighted by atomic mass is 9.96. The van der Waals surface area contributed by atoms with Gasteiger partial charge in [0.15, 0.2) is 0 Å². The van der Waals surface area contributed by atoms with Crippen molar-refractivity contribution in [2.24, 2.45) is 5.92 Å². The zero-order valence-corrected chi connectivity index (χ0v) is 16.8. The summed E-state index contributed by atoms with van der Waals surface area (Å²) < 4.78 is 0. The molecule has 1 aliphatic heterocycles. The molecule has 0 saturated carbocycles. The third-order valence-corrected chi connectivity index (χ3v) is 5.55. The molecule has 0 aliphatic carbocycles. The van der Waals surface area contributed by atoms with E-state index in [1.165, 1.54) is 18.4 Å². The van der Waals surface area contributed by atoms with Gasteiger partial charge in [0.05, 0.1) is 11.6 Å². The number of aromatic carboxylic acids is 1. The number of urea groups is 1. The lowest BCUT2D eigenvalue weighted by molar-refractivity contribution is 0.0697. The maximum absolute atomic E-state index is 12.3. The van der Waals surface area contributed by atoms with E-state index in [0.29, 0.717) is 13.1 Å². The highest BCUT2D eigenvalue weighted by Gasteiger charge is 2.24. The van der Waals surface area contributed by atoms with Gasteiger partial charge in [-0.25, -0.2) is 9.59 Å². The first-order valence-electron chi connectivity index (χ1n) is 10.2. The molecule has 3 rings (SSSR count). The van der Waals surface area contributed by atoms with Crippen molar-refractivity contribution in [3.63, 3.8) is 0 Å². The number of likely N-dealkylation sites (tertiary alicyclic amines) is 1. The average molecular weight is 396 g/mol. The minimum Gasteiger partial charge on any atom is -0.478 e. The maximum Gasteiger partial charge on any atom is 0.335 e. The van der Waals surface area contributed by atoms with E-state index in [1.807, 2.05) is 18.2 Å². The van der Waals surface area contributed by atoms with Crippen molar-refractivity contribution in [2.45, 2.75) is 32.4 Å². The number of benzene rings is 2. The Balaban J connectivity index is 1.54. The lowest BCUT2D eigenvalue weighted by Gasteiger charge is -2.37. The molecule has 3 N–H and O–H groups in total. The molecule has 2 aromatic carbocycles. The van der Waals surface area contributed by atoms with Crippen LogP contribution in [0.3, 0.4) is 0 Å². The van der Waals surface area contributed by atoms with E-state index in [-0.39, 0.29) is 17.6 Å². The topological polar surface area (TPSA) is 81.7 Å². The summed E-state index contributed by atoms with van der Waals surface area (Å²) in [5.41, 5.74) is 2.31. The number of carbonyl (C=O) groups is 2. The second-order valence-electron chi connectivity index (χ2n) is 7.71. The summed E-state index contributed by atoms with van der Waals surface area (Å²) in [6, 6.07) is 16.8. The molecule has 6 nitrogen and oxygen atoms in total. The fraction of sp³-hybridized carbons (Fsp3) is 0.391. The van der Waals surface area contributed by atoms with E-state index in [0.717, 1.165) is 24.6 Å². The molecule has 0 spiro atoms. The van der Waals surface area contributed by atoms with Gasteiger partial charge in [-0.1, -0.05) is 49.4 Å². The molecule has 29 heavy (non-hydrogen) atoms. The number of carboxylic acids is 1. The number of hydrogen-bond donors (Lipinski definition) is 3. The van der Waals surface area contributed by atoms with Crippen LogP contribution in [-0.4, -0.2) is 41.6 Å². The van der Waals surface area contributed by atoms with Crippen LogP contribution in [0, 0.1) is 5.92 Å². The Labute approximate surface area is 171 Å². The maximum atomic E-state index is 12.3. The minimum atomic E-state index is -0.957. The summed E-state index contributed by atoms with van der Waals surface area (Å²) in [4.78, 5) is 25.7. The molecule has 0 aromatic heterocycles. The van der Waals surface area contributed by atoms with Crippen molar-refractivity contribution < 1.29 is 14.7 Å². The summed E-state index contributed by atoms with van der Waals surface area (Å²) in [5.74, 6) is -0.201. The Bertz CT molecular complexity index is 800. The first kappa shape index (κ1) is 20.9. The van der Waals surface area contributed by atoms with E-state index < -0.39 is 5.97 Å². The number of carbonyl (C=O) groups excluding carboxylic acids is 1. The Morgan fingerprint density at radius 1 is 1.03 bits per heavy atom. The van der Waals surface area contributed by atoms with Gasteiger partial charge in [0, 0.05) is 13.1 Å². The van der Waals surface area contributed by atoms with Crippen LogP contribution in [0.1, 0.15) is 47.3 Å². The Morgan fingerprint density at radius 3 is 2.31 bits per heavy atom. The number of carboxylic acid groups (broad SMARTS) is 1. The summed E-state index contributed by atoms with van der Waals surface area (Å²) in [5, 5.41) is 14.8. The van der Waals surface area contributed by atoms with Gasteiger partial charge in [-0.3, -0.25) is 4.90 Å². The second-order valence-corrected chi connectivity index (χ2v) is 7.71. The molecule has 1 atom stereocenters. The normalized spacial score (nSPS) is 16.2. The number of amides is 2. The fourth-order valence-electron chi connectivity index (χ4n) is 3.67. The highest BCUT2D eigenvalue weighted by Crippen LogP contribution is 2.26. The zero-order chi connectivity index (χ0) is 20.6. The third-order valence-electron chi connectivity index (χ3n) is 5.55. The van der Waals surface area contributed by atoms with Gasteiger partial charge in [0.1, 0.15) is 0 Å². The Morgan fingerprint density at radius 2 is 1.69 bits per heavy atom. The van der Waals surface area contributed by atoms with Crippen LogP contribution in [-0.2, 0) is 6.54 Å². The smallest absolute Gasteiger partial charge is 0.335 e. The molecule has 1 heterocycles. The number of nitrogens with one attached hydrogen (secondary N) is 2. The van der Waals surface area contributed by atoms with E-state index >= 15 is 0 Å². The number of hydrogen-bond acceptors (Lipinski definition) is 3. The summed E-state index contributed by atoms with van der Waals surface area (Å²) >= 11 is 0. The van der Waals surface area contributed by atoms with Crippen molar-refractivity contribution in [1.29, 1.82) is 0 Å². The van der Waals surface area contributed by atoms with Gasteiger partial charge in [-0.05, 0) is 55.1 Å². The first-order chi connectivity index (χ1) is 14.0. The van der Waals surface area contributed by atoms with Crippen molar-refractivity contribution in [3.05, 3.63) is 71.3 Å². The molecule has 1 fully saturated rings. The summed E-state index contributed by atoms with van der Waals surface area (Å²) in [7, 11) is 0. The monoisotopic (exact) mass is 395 g/mol. The lowest BCUT2D eigenvalue weighted by Crippen LogP contribution is -2.44. The van der Waals surface area contributed by atoms with Gasteiger partial charge in [0.25, 0.3) is 0 Å². The van der Waals surface area contributed by atoms with Gasteiger partial charge >= 0.3 is 12.0 Å². The molecule has 1 saturated heterocycles. The molecule has 0 radical (unpaired) electrons. The van der Waals surface area contributed by atoms with E-state index in [9.17, 15) is 9.59 Å². The van der Waals surface area contributed by atoms with Crippen LogP contribution in [0.25, 0.3) is 0 Å². The van der Waals surface area contributed by atoms with Crippen LogP contribution in [0.15, 0.2) is 54.6 Å². The van der Waals surface area contributed by atoms with Gasteiger partial charge in [-0.2, -0.15) is 0 Å². The average Bonchev–Trinajstić information content (AvgIpc) is 2.74. The van der Waals surface area contributed by atoms with Crippen LogP contribution < -0.4 is 10.6 Å². The molecule has 1 aliphatic rings. The van der Waals surface area contributed by atoms with Gasteiger partial charge in [-0.15, -0.1) is 0 Å². The number of piperidine rings is 1. The SMILES string of the molecule is CC1CCN(C(CNC(=O)NCc2ccc(C(=O)O)cc2)c2ccccc2)CC1. The molecule has 1 unspecified atom stereocenters. The van der Waals surface area contributed by atoms with Crippen molar-refractivity contribution in [1.82, 2.24) is 15.5 Å². The predicted octanol–water partition coefficient (Wildman–Crippen LogP) is 3.66. The van der Waals surface area contributed by atoms with E-state index in [1.54, 1.807) is 24.3 Å². The summed E-state index contributed by atoms with van der Waals surface area (Å²) in [6.45, 7) is 5.27. The standard InChI is InChI=1S/C23H29N3O3/c1-17-11-13-26(14-12-17)21(19-5-3-2-4-6-19)16-25-23(29)24-15-18-7-9-20(10-8-18)22(27)28/h2-10,17,21H,11-16H2,1H3,(H,27,28)(H2,24,25,29). The van der Waals surface area contributed by atoms with Crippen LogP contribution in [0.2, 0.25) is 0 Å². The minimum absolute atomic E-state index is 0.157. The zero-order valence-electron chi connectivity index (χ0n) is 16.8. The van der Waals surface area contributed by atoms with Crippen molar-refractivity contribution in [3.8, 4) is 0 Å². The van der Waals surface area contributed by atoms with Gasteiger partial charge in [0.2, 0.25) is 0 Å². The molecular formula is C23H29N3O3. The highest BCUT2D eigenvalue weighted by atomic mass is 16.4. The second kappa shape index (κ2) is 10.1. The van der Waals surface area contributed by atoms with E-state index in [4.69, 9.17) is 5.11 Å². The van der Waals surface area contributed by atoms with Crippen LogP contribution in [0.5, 0.6) is 0 Å². The Hall–Kier alpha value is -2.86. The largest absolute Gasteiger partial charge is 0.478 e. The fourth-order valence-corrected chi connectivity index (χ4v) is 3.67. The molecule has 0 bridgehead atoms. The molecule has 2 aromatic rings. The van der Waals surface area contributed by atoms with E-state index in [2.05, 4.69) is 34.6 Å². The molecule has 2 amide bonds. The highest BCUT2D eigenvalue weighted by molar-refractivity contribution is 5.87. The summed E-state index contributed by atoms with van der Waals surface area (Å²) in [6.07, 6.45) is 2.36. The predicted molar refractivity (Wildman–Crippen MR) is 113 cm³/mol. The molecule has 154 valence electrons. The van der Waals surface area contributed by atoms with Crippen LogP contribution >= 0.6 is 0 Å². The quantitative estimate of drug-likeness (QED) is 0.668.